The van der Waals surface area contributed by atoms with Gasteiger partial charge in [0.15, 0.2) is 0 Å². The summed E-state index contributed by atoms with van der Waals surface area (Å²) in [4.78, 5) is 15.6. The number of rotatable bonds is 4. The summed E-state index contributed by atoms with van der Waals surface area (Å²) in [6, 6.07) is 9.76. The molecular weight excluding hydrogens is 217 g/mol. The van der Waals surface area contributed by atoms with Gasteiger partial charge in [0.2, 0.25) is 0 Å². The first kappa shape index (κ1) is 11.5. The van der Waals surface area contributed by atoms with E-state index >= 15 is 0 Å². The first-order valence-electron chi connectivity index (χ1n) is 5.39. The van der Waals surface area contributed by atoms with Crippen LogP contribution in [0.1, 0.15) is 11.1 Å². The van der Waals surface area contributed by atoms with Crippen molar-refractivity contribution in [2.45, 2.75) is 12.8 Å². The van der Waals surface area contributed by atoms with Crippen LogP contribution in [0.15, 0.2) is 48.8 Å². The van der Waals surface area contributed by atoms with Gasteiger partial charge in [0.05, 0.1) is 0 Å². The van der Waals surface area contributed by atoms with Crippen molar-refractivity contribution in [1.82, 2.24) is 4.98 Å². The summed E-state index contributed by atoms with van der Waals surface area (Å²) in [5.74, 6) is -0.235. The number of carbonyl (C=O) groups is 1. The van der Waals surface area contributed by atoms with E-state index in [0.717, 1.165) is 5.56 Å². The van der Waals surface area contributed by atoms with E-state index < -0.39 is 0 Å². The molecule has 0 N–H and O–H groups in total. The number of Topliss-reactive ketones (excluding diaryl/α,β-unsaturated/α-hetero) is 1. The maximum atomic E-state index is 12.9. The molecule has 0 saturated carbocycles. The molecule has 0 aliphatic rings. The predicted octanol–water partition coefficient (Wildman–Crippen LogP) is 2.58. The highest BCUT2D eigenvalue weighted by Crippen LogP contribution is 2.07. The number of aromatic nitrogens is 1. The topological polar surface area (TPSA) is 30.0 Å². The number of halogens is 1. The molecule has 0 atom stereocenters. The average Bonchev–Trinajstić information content (AvgIpc) is 2.30. The van der Waals surface area contributed by atoms with Crippen LogP contribution in [-0.4, -0.2) is 10.8 Å². The normalized spacial score (nSPS) is 10.2. The highest BCUT2D eigenvalue weighted by molar-refractivity contribution is 5.83. The number of ketones is 1. The van der Waals surface area contributed by atoms with Crippen LogP contribution >= 0.6 is 0 Å². The summed E-state index contributed by atoms with van der Waals surface area (Å²) in [7, 11) is 0. The zero-order valence-electron chi connectivity index (χ0n) is 9.27. The number of hydrogen-bond donors (Lipinski definition) is 0. The first-order valence-corrected chi connectivity index (χ1v) is 5.39. The molecule has 0 bridgehead atoms. The van der Waals surface area contributed by atoms with Gasteiger partial charge in [-0.2, -0.15) is 0 Å². The molecular formula is C14H12FNO. The fraction of sp³-hybridized carbons (Fsp3) is 0.143. The second-order valence-electron chi connectivity index (χ2n) is 3.88. The van der Waals surface area contributed by atoms with Crippen LogP contribution in [0.4, 0.5) is 4.39 Å². The van der Waals surface area contributed by atoms with Gasteiger partial charge >= 0.3 is 0 Å². The predicted molar refractivity (Wildman–Crippen MR) is 63.1 cm³/mol. The van der Waals surface area contributed by atoms with Crippen LogP contribution in [-0.2, 0) is 17.6 Å². The number of hydrogen-bond acceptors (Lipinski definition) is 2. The van der Waals surface area contributed by atoms with E-state index in [4.69, 9.17) is 0 Å². The highest BCUT2D eigenvalue weighted by Gasteiger charge is 2.05. The molecule has 2 rings (SSSR count). The van der Waals surface area contributed by atoms with Crippen LogP contribution in [0.3, 0.4) is 0 Å². The van der Waals surface area contributed by atoms with Crippen LogP contribution in [0.2, 0.25) is 0 Å². The van der Waals surface area contributed by atoms with Gasteiger partial charge < -0.3 is 0 Å². The van der Waals surface area contributed by atoms with Gasteiger partial charge in [0.25, 0.3) is 0 Å². The van der Waals surface area contributed by atoms with E-state index in [1.54, 1.807) is 24.5 Å². The Hall–Kier alpha value is -2.03. The van der Waals surface area contributed by atoms with Gasteiger partial charge in [-0.25, -0.2) is 4.39 Å². The van der Waals surface area contributed by atoms with Crippen molar-refractivity contribution >= 4 is 5.78 Å². The Morgan fingerprint density at radius 2 is 1.76 bits per heavy atom. The van der Waals surface area contributed by atoms with Crippen LogP contribution in [0, 0.1) is 5.82 Å². The van der Waals surface area contributed by atoms with E-state index in [1.165, 1.54) is 12.1 Å². The monoisotopic (exact) mass is 229 g/mol. The summed E-state index contributed by atoms with van der Waals surface area (Å²) in [5, 5.41) is 0. The maximum absolute atomic E-state index is 12.9. The van der Waals surface area contributed by atoms with Crippen molar-refractivity contribution in [3.05, 3.63) is 65.7 Å². The van der Waals surface area contributed by atoms with Crippen molar-refractivity contribution in [2.75, 3.05) is 0 Å². The summed E-state index contributed by atoms with van der Waals surface area (Å²) in [5.41, 5.74) is 1.64. The molecule has 0 saturated heterocycles. The number of pyridine rings is 1. The van der Waals surface area contributed by atoms with E-state index in [1.807, 2.05) is 12.1 Å². The standard InChI is InChI=1S/C14H12FNO/c15-13-3-1-2-12(8-13)10-14(17)9-11-4-6-16-7-5-11/h1-8H,9-10H2. The van der Waals surface area contributed by atoms with Gasteiger partial charge in [-0.3, -0.25) is 9.78 Å². The fourth-order valence-corrected chi connectivity index (χ4v) is 1.67. The van der Waals surface area contributed by atoms with Gasteiger partial charge in [0.1, 0.15) is 11.6 Å². The molecule has 2 nitrogen and oxygen atoms in total. The number of benzene rings is 1. The van der Waals surface area contributed by atoms with E-state index in [0.29, 0.717) is 12.0 Å². The number of nitrogens with zero attached hydrogens (tertiary/aromatic N) is 1. The van der Waals surface area contributed by atoms with Crippen molar-refractivity contribution in [2.24, 2.45) is 0 Å². The molecule has 1 aromatic carbocycles. The number of carbonyl (C=O) groups excluding carboxylic acids is 1. The molecule has 0 amide bonds. The molecule has 3 heteroatoms. The maximum Gasteiger partial charge on any atom is 0.141 e. The molecule has 0 unspecified atom stereocenters. The third-order valence-electron chi connectivity index (χ3n) is 2.44. The second-order valence-corrected chi connectivity index (χ2v) is 3.88. The Kier molecular flexibility index (Phi) is 3.60. The van der Waals surface area contributed by atoms with Gasteiger partial charge in [0, 0.05) is 25.2 Å². The summed E-state index contributed by atoms with van der Waals surface area (Å²) in [6.45, 7) is 0. The summed E-state index contributed by atoms with van der Waals surface area (Å²) >= 11 is 0. The van der Waals surface area contributed by atoms with E-state index in [2.05, 4.69) is 4.98 Å². The third kappa shape index (κ3) is 3.48. The quantitative estimate of drug-likeness (QED) is 0.806. The minimum atomic E-state index is -0.306. The first-order chi connectivity index (χ1) is 8.24. The van der Waals surface area contributed by atoms with Crippen molar-refractivity contribution in [3.8, 4) is 0 Å². The molecule has 0 radical (unpaired) electrons. The minimum Gasteiger partial charge on any atom is -0.299 e. The lowest BCUT2D eigenvalue weighted by atomic mass is 10.0. The van der Waals surface area contributed by atoms with Crippen molar-refractivity contribution in [1.29, 1.82) is 0 Å². The van der Waals surface area contributed by atoms with Crippen molar-refractivity contribution in [3.63, 3.8) is 0 Å². The van der Waals surface area contributed by atoms with Crippen molar-refractivity contribution < 1.29 is 9.18 Å². The Balaban J connectivity index is 1.98. The Morgan fingerprint density at radius 1 is 1.06 bits per heavy atom. The highest BCUT2D eigenvalue weighted by atomic mass is 19.1. The molecule has 0 aliphatic carbocycles. The lowest BCUT2D eigenvalue weighted by molar-refractivity contribution is -0.117. The van der Waals surface area contributed by atoms with Gasteiger partial charge in [-0.1, -0.05) is 12.1 Å². The minimum absolute atomic E-state index is 0.0711. The SMILES string of the molecule is O=C(Cc1ccncc1)Cc1cccc(F)c1. The van der Waals surface area contributed by atoms with Crippen LogP contribution in [0.5, 0.6) is 0 Å². The largest absolute Gasteiger partial charge is 0.299 e. The van der Waals surface area contributed by atoms with Crippen LogP contribution in [0.25, 0.3) is 0 Å². The van der Waals surface area contributed by atoms with E-state index in [-0.39, 0.29) is 18.0 Å². The summed E-state index contributed by atoms with van der Waals surface area (Å²) < 4.78 is 12.9. The molecule has 0 fully saturated rings. The molecule has 0 spiro atoms. The molecule has 2 aromatic rings. The second kappa shape index (κ2) is 5.34. The lowest BCUT2D eigenvalue weighted by Crippen LogP contribution is -2.06. The molecule has 17 heavy (non-hydrogen) atoms. The Bertz CT molecular complexity index is 511. The lowest BCUT2D eigenvalue weighted by Gasteiger charge is -2.01. The van der Waals surface area contributed by atoms with Gasteiger partial charge in [-0.15, -0.1) is 0 Å². The van der Waals surface area contributed by atoms with E-state index in [9.17, 15) is 9.18 Å². The fourth-order valence-electron chi connectivity index (χ4n) is 1.67. The molecule has 86 valence electrons. The van der Waals surface area contributed by atoms with Crippen LogP contribution < -0.4 is 0 Å². The Labute approximate surface area is 99.1 Å². The molecule has 1 aromatic heterocycles. The average molecular weight is 229 g/mol. The molecule has 0 aliphatic heterocycles. The third-order valence-corrected chi connectivity index (χ3v) is 2.44. The van der Waals surface area contributed by atoms with Gasteiger partial charge in [-0.05, 0) is 35.4 Å². The molecule has 1 heterocycles. The summed E-state index contributed by atoms with van der Waals surface area (Å²) in [6.07, 6.45) is 3.94. The zero-order valence-corrected chi connectivity index (χ0v) is 9.27. The Morgan fingerprint density at radius 3 is 2.47 bits per heavy atom. The smallest absolute Gasteiger partial charge is 0.141 e. The zero-order chi connectivity index (χ0) is 12.1.